The van der Waals surface area contributed by atoms with Crippen molar-refractivity contribution >= 4 is 50.7 Å². The summed E-state index contributed by atoms with van der Waals surface area (Å²) < 4.78 is 26.4. The number of nitrogens with zero attached hydrogens (tertiary/aromatic N) is 2. The number of likely N-dealkylation sites (N-methyl/N-ethyl adjacent to an activating group) is 1. The SMILES string of the molecule is CNC(=O)C(C)N(Cc1c(Cl)cccc1Cl)C(=O)CN(c1c(C)cccc1C)S(C)(=O)=O. The van der Waals surface area contributed by atoms with Crippen LogP contribution < -0.4 is 9.62 Å². The second-order valence-corrected chi connectivity index (χ2v) is 10.2. The van der Waals surface area contributed by atoms with E-state index in [-0.39, 0.29) is 6.54 Å². The van der Waals surface area contributed by atoms with Crippen molar-refractivity contribution in [1.82, 2.24) is 10.2 Å². The van der Waals surface area contributed by atoms with Gasteiger partial charge in [-0.3, -0.25) is 13.9 Å². The summed E-state index contributed by atoms with van der Waals surface area (Å²) in [6.07, 6.45) is 1.05. The Bertz CT molecular complexity index is 1080. The number of amides is 2. The average molecular weight is 500 g/mol. The Morgan fingerprint density at radius 3 is 2.00 bits per heavy atom. The van der Waals surface area contributed by atoms with Crippen molar-refractivity contribution in [1.29, 1.82) is 0 Å². The zero-order valence-electron chi connectivity index (χ0n) is 18.6. The fourth-order valence-corrected chi connectivity index (χ4v) is 4.90. The summed E-state index contributed by atoms with van der Waals surface area (Å²) >= 11 is 12.6. The number of hydrogen-bond acceptors (Lipinski definition) is 4. The molecule has 2 amide bonds. The summed E-state index contributed by atoms with van der Waals surface area (Å²) in [5.74, 6) is -0.968. The van der Waals surface area contributed by atoms with Gasteiger partial charge < -0.3 is 10.2 Å². The highest BCUT2D eigenvalue weighted by Gasteiger charge is 2.31. The fraction of sp³-hybridized carbons (Fsp3) is 0.364. The Morgan fingerprint density at radius 2 is 1.53 bits per heavy atom. The number of sulfonamides is 1. The number of carbonyl (C=O) groups excluding carboxylic acids is 2. The van der Waals surface area contributed by atoms with Gasteiger partial charge in [-0.05, 0) is 44.0 Å². The minimum atomic E-state index is -3.80. The van der Waals surface area contributed by atoms with Gasteiger partial charge in [0.2, 0.25) is 21.8 Å². The third-order valence-corrected chi connectivity index (χ3v) is 6.99. The smallest absolute Gasteiger partial charge is 0.244 e. The predicted molar refractivity (Wildman–Crippen MR) is 129 cm³/mol. The first-order chi connectivity index (χ1) is 14.9. The monoisotopic (exact) mass is 499 g/mol. The second-order valence-electron chi connectivity index (χ2n) is 7.52. The van der Waals surface area contributed by atoms with E-state index >= 15 is 0 Å². The van der Waals surface area contributed by atoms with Crippen LogP contribution in [-0.2, 0) is 26.2 Å². The molecular weight excluding hydrogens is 473 g/mol. The average Bonchev–Trinajstić information content (AvgIpc) is 2.70. The Labute approximate surface area is 199 Å². The van der Waals surface area contributed by atoms with Crippen LogP contribution in [0.4, 0.5) is 5.69 Å². The molecule has 2 rings (SSSR count). The molecule has 0 radical (unpaired) electrons. The lowest BCUT2D eigenvalue weighted by Crippen LogP contribution is -2.50. The summed E-state index contributed by atoms with van der Waals surface area (Å²) in [5.41, 5.74) is 2.33. The summed E-state index contributed by atoms with van der Waals surface area (Å²) in [6.45, 7) is 4.58. The lowest BCUT2D eigenvalue weighted by Gasteiger charge is -2.32. The van der Waals surface area contributed by atoms with E-state index in [9.17, 15) is 18.0 Å². The van der Waals surface area contributed by atoms with Gasteiger partial charge in [0, 0.05) is 29.2 Å². The molecule has 0 bridgehead atoms. The van der Waals surface area contributed by atoms with E-state index in [0.717, 1.165) is 10.6 Å². The number of aryl methyl sites for hydroxylation is 2. The molecule has 0 spiro atoms. The van der Waals surface area contributed by atoms with Crippen LogP contribution in [0.5, 0.6) is 0 Å². The standard InChI is InChI=1S/C22H27Cl2N3O4S/c1-14-8-6-9-15(2)21(14)27(32(5,30)31)13-20(28)26(16(3)22(29)25-4)12-17-18(23)10-7-11-19(17)24/h6-11,16H,12-13H2,1-5H3,(H,25,29). The normalized spacial score (nSPS) is 12.2. The molecule has 1 unspecified atom stereocenters. The van der Waals surface area contributed by atoms with Crippen LogP contribution in [0.25, 0.3) is 0 Å². The summed E-state index contributed by atoms with van der Waals surface area (Å²) in [7, 11) is -2.34. The van der Waals surface area contributed by atoms with E-state index in [1.54, 1.807) is 51.1 Å². The molecule has 0 aliphatic heterocycles. The van der Waals surface area contributed by atoms with Crippen LogP contribution >= 0.6 is 23.2 Å². The van der Waals surface area contributed by atoms with Gasteiger partial charge >= 0.3 is 0 Å². The Balaban J connectivity index is 2.50. The highest BCUT2D eigenvalue weighted by Crippen LogP contribution is 2.29. The number of anilines is 1. The summed E-state index contributed by atoms with van der Waals surface area (Å²) in [4.78, 5) is 27.1. The molecule has 10 heteroatoms. The summed E-state index contributed by atoms with van der Waals surface area (Å²) in [5, 5.41) is 3.20. The van der Waals surface area contributed by atoms with Gasteiger partial charge in [-0.15, -0.1) is 0 Å². The zero-order chi connectivity index (χ0) is 24.2. The van der Waals surface area contributed by atoms with Gasteiger partial charge in [0.05, 0.1) is 11.9 Å². The Kier molecular flexibility index (Phi) is 8.56. The molecule has 7 nitrogen and oxygen atoms in total. The van der Waals surface area contributed by atoms with Crippen LogP contribution in [0.15, 0.2) is 36.4 Å². The lowest BCUT2D eigenvalue weighted by atomic mass is 10.1. The molecular formula is C22H27Cl2N3O4S. The van der Waals surface area contributed by atoms with Crippen molar-refractivity contribution in [3.05, 3.63) is 63.1 Å². The number of benzene rings is 2. The van der Waals surface area contributed by atoms with Gasteiger partial charge in [-0.1, -0.05) is 47.5 Å². The van der Waals surface area contributed by atoms with Crippen LogP contribution in [-0.4, -0.2) is 51.0 Å². The van der Waals surface area contributed by atoms with Crippen molar-refractivity contribution in [2.45, 2.75) is 33.4 Å². The quantitative estimate of drug-likeness (QED) is 0.601. The Morgan fingerprint density at radius 1 is 1.03 bits per heavy atom. The third kappa shape index (κ3) is 5.94. The van der Waals surface area contributed by atoms with Crippen LogP contribution in [0.2, 0.25) is 10.0 Å². The van der Waals surface area contributed by atoms with Gasteiger partial charge in [0.15, 0.2) is 0 Å². The fourth-order valence-electron chi connectivity index (χ4n) is 3.42. The Hall–Kier alpha value is -2.29. The number of nitrogens with one attached hydrogen (secondary N) is 1. The number of carbonyl (C=O) groups is 2. The molecule has 174 valence electrons. The maximum atomic E-state index is 13.4. The minimum absolute atomic E-state index is 0.0592. The molecule has 0 aliphatic carbocycles. The highest BCUT2D eigenvalue weighted by molar-refractivity contribution is 7.92. The van der Waals surface area contributed by atoms with Gasteiger partial charge in [-0.25, -0.2) is 8.42 Å². The molecule has 2 aromatic carbocycles. The van der Waals surface area contributed by atoms with Crippen molar-refractivity contribution in [3.8, 4) is 0 Å². The lowest BCUT2D eigenvalue weighted by molar-refractivity contribution is -0.139. The van der Waals surface area contributed by atoms with Crippen molar-refractivity contribution < 1.29 is 18.0 Å². The van der Waals surface area contributed by atoms with Gasteiger partial charge in [-0.2, -0.15) is 0 Å². The molecule has 0 aromatic heterocycles. The number of hydrogen-bond donors (Lipinski definition) is 1. The molecule has 2 aromatic rings. The molecule has 0 aliphatic rings. The highest BCUT2D eigenvalue weighted by atomic mass is 35.5. The topological polar surface area (TPSA) is 86.8 Å². The van der Waals surface area contributed by atoms with Crippen molar-refractivity contribution in [3.63, 3.8) is 0 Å². The first-order valence-corrected chi connectivity index (χ1v) is 12.5. The van der Waals surface area contributed by atoms with E-state index in [1.807, 2.05) is 6.07 Å². The van der Waals surface area contributed by atoms with Crippen LogP contribution in [0.3, 0.4) is 0 Å². The number of para-hydroxylation sites is 1. The molecule has 32 heavy (non-hydrogen) atoms. The van der Waals surface area contributed by atoms with E-state index in [0.29, 0.717) is 32.4 Å². The zero-order valence-corrected chi connectivity index (χ0v) is 21.0. The molecule has 0 fully saturated rings. The van der Waals surface area contributed by atoms with Crippen molar-refractivity contribution in [2.75, 3.05) is 24.2 Å². The minimum Gasteiger partial charge on any atom is -0.357 e. The maximum absolute atomic E-state index is 13.4. The molecule has 0 heterocycles. The third-order valence-electron chi connectivity index (χ3n) is 5.17. The number of halogens is 2. The molecule has 1 atom stereocenters. The first-order valence-electron chi connectivity index (χ1n) is 9.86. The van der Waals surface area contributed by atoms with E-state index in [2.05, 4.69) is 5.32 Å². The van der Waals surface area contributed by atoms with E-state index < -0.39 is 34.4 Å². The van der Waals surface area contributed by atoms with Gasteiger partial charge in [0.25, 0.3) is 0 Å². The summed E-state index contributed by atoms with van der Waals surface area (Å²) in [6, 6.07) is 9.42. The molecule has 1 N–H and O–H groups in total. The largest absolute Gasteiger partial charge is 0.357 e. The first kappa shape index (κ1) is 26.0. The van der Waals surface area contributed by atoms with Crippen LogP contribution in [0, 0.1) is 13.8 Å². The van der Waals surface area contributed by atoms with Gasteiger partial charge in [0.1, 0.15) is 12.6 Å². The predicted octanol–water partition coefficient (Wildman–Crippen LogP) is 3.54. The second kappa shape index (κ2) is 10.6. The van der Waals surface area contributed by atoms with Crippen LogP contribution in [0.1, 0.15) is 23.6 Å². The van der Waals surface area contributed by atoms with E-state index in [1.165, 1.54) is 11.9 Å². The maximum Gasteiger partial charge on any atom is 0.244 e. The number of rotatable bonds is 8. The van der Waals surface area contributed by atoms with E-state index in [4.69, 9.17) is 23.2 Å². The van der Waals surface area contributed by atoms with Crippen molar-refractivity contribution in [2.24, 2.45) is 0 Å². The molecule has 0 saturated heterocycles. The molecule has 0 saturated carbocycles.